The summed E-state index contributed by atoms with van der Waals surface area (Å²) in [5.41, 5.74) is 5.85. The highest BCUT2D eigenvalue weighted by atomic mass is 16.5. The van der Waals surface area contributed by atoms with Crippen LogP contribution >= 0.6 is 0 Å². The van der Waals surface area contributed by atoms with Gasteiger partial charge in [0.05, 0.1) is 12.5 Å². The van der Waals surface area contributed by atoms with Crippen LogP contribution in [0.5, 0.6) is 5.75 Å². The minimum absolute atomic E-state index is 0.341. The number of hydrogen-bond donors (Lipinski definition) is 0. The highest BCUT2D eigenvalue weighted by molar-refractivity contribution is 5.98. The maximum Gasteiger partial charge on any atom is 0.118 e. The SMILES string of the molecule is C=CC1(c2ccccc2)C(c2ccc(OC)cc2)=Cc2ccccc21. The predicted molar refractivity (Wildman–Crippen MR) is 105 cm³/mol. The molecule has 0 bridgehead atoms. The third-order valence-electron chi connectivity index (χ3n) is 5.05. The number of methoxy groups -OCH3 is 1. The van der Waals surface area contributed by atoms with E-state index < -0.39 is 0 Å². The van der Waals surface area contributed by atoms with Crippen LogP contribution < -0.4 is 4.74 Å². The molecule has 0 aromatic heterocycles. The number of fused-ring (bicyclic) bond motifs is 1. The van der Waals surface area contributed by atoms with Gasteiger partial charge in [-0.05, 0) is 46.0 Å². The average Bonchev–Trinajstić information content (AvgIpc) is 3.04. The number of hydrogen-bond acceptors (Lipinski definition) is 1. The van der Waals surface area contributed by atoms with Crippen molar-refractivity contribution in [2.24, 2.45) is 0 Å². The van der Waals surface area contributed by atoms with E-state index in [1.165, 1.54) is 27.8 Å². The van der Waals surface area contributed by atoms with E-state index in [1.807, 2.05) is 12.1 Å². The van der Waals surface area contributed by atoms with Gasteiger partial charge in [0.1, 0.15) is 5.75 Å². The predicted octanol–water partition coefficient (Wildman–Crippen LogP) is 5.72. The molecule has 0 radical (unpaired) electrons. The van der Waals surface area contributed by atoms with Crippen molar-refractivity contribution in [3.05, 3.63) is 114 Å². The lowest BCUT2D eigenvalue weighted by atomic mass is 9.70. The van der Waals surface area contributed by atoms with E-state index in [4.69, 9.17) is 4.74 Å². The van der Waals surface area contributed by atoms with Crippen molar-refractivity contribution in [2.75, 3.05) is 7.11 Å². The van der Waals surface area contributed by atoms with Crippen molar-refractivity contribution < 1.29 is 4.74 Å². The lowest BCUT2D eigenvalue weighted by Crippen LogP contribution is -2.24. The van der Waals surface area contributed by atoms with E-state index in [1.54, 1.807) is 7.11 Å². The molecule has 0 spiro atoms. The van der Waals surface area contributed by atoms with Crippen molar-refractivity contribution in [1.29, 1.82) is 0 Å². The second-order valence-corrected chi connectivity index (χ2v) is 6.25. The van der Waals surface area contributed by atoms with Gasteiger partial charge in [0.15, 0.2) is 0 Å². The molecule has 1 aliphatic rings. The Morgan fingerprint density at radius 3 is 2.20 bits per heavy atom. The summed E-state index contributed by atoms with van der Waals surface area (Å²) < 4.78 is 5.32. The van der Waals surface area contributed by atoms with E-state index in [-0.39, 0.29) is 5.41 Å². The van der Waals surface area contributed by atoms with Crippen LogP contribution in [0.3, 0.4) is 0 Å². The van der Waals surface area contributed by atoms with Crippen molar-refractivity contribution in [3.8, 4) is 5.75 Å². The summed E-state index contributed by atoms with van der Waals surface area (Å²) in [5.74, 6) is 0.865. The molecule has 3 aromatic carbocycles. The summed E-state index contributed by atoms with van der Waals surface area (Å²) in [6.07, 6.45) is 4.36. The Bertz CT molecular complexity index is 935. The van der Waals surface area contributed by atoms with Crippen LogP contribution in [0.15, 0.2) is 91.5 Å². The molecule has 1 unspecified atom stereocenters. The zero-order valence-corrected chi connectivity index (χ0v) is 14.3. The van der Waals surface area contributed by atoms with Crippen LogP contribution in [0, 0.1) is 0 Å². The fraction of sp³-hybridized carbons (Fsp3) is 0.0833. The molecule has 122 valence electrons. The number of benzene rings is 3. The summed E-state index contributed by atoms with van der Waals surface area (Å²) >= 11 is 0. The number of allylic oxidation sites excluding steroid dienone is 2. The summed E-state index contributed by atoms with van der Waals surface area (Å²) in [4.78, 5) is 0. The highest BCUT2D eigenvalue weighted by Crippen LogP contribution is 2.51. The van der Waals surface area contributed by atoms with Crippen LogP contribution in [0.1, 0.15) is 22.3 Å². The maximum absolute atomic E-state index is 5.32. The summed E-state index contributed by atoms with van der Waals surface area (Å²) in [6, 6.07) is 27.4. The van der Waals surface area contributed by atoms with E-state index in [2.05, 4.69) is 85.5 Å². The minimum Gasteiger partial charge on any atom is -0.497 e. The maximum atomic E-state index is 5.32. The quantitative estimate of drug-likeness (QED) is 0.558. The Labute approximate surface area is 148 Å². The van der Waals surface area contributed by atoms with Gasteiger partial charge in [-0.15, -0.1) is 6.58 Å². The fourth-order valence-corrected chi connectivity index (χ4v) is 3.83. The van der Waals surface area contributed by atoms with Gasteiger partial charge in [-0.3, -0.25) is 0 Å². The molecule has 1 nitrogen and oxygen atoms in total. The van der Waals surface area contributed by atoms with E-state index in [0.717, 1.165) is 5.75 Å². The van der Waals surface area contributed by atoms with Gasteiger partial charge in [-0.25, -0.2) is 0 Å². The van der Waals surface area contributed by atoms with Gasteiger partial charge in [-0.2, -0.15) is 0 Å². The normalized spacial score (nSPS) is 18.4. The smallest absolute Gasteiger partial charge is 0.118 e. The standard InChI is InChI=1S/C24H20O/c1-3-24(20-10-5-4-6-11-20)22-12-8-7-9-19(22)17-23(24)18-13-15-21(25-2)16-14-18/h3-17H,1H2,2H3. The second kappa shape index (κ2) is 6.10. The van der Waals surface area contributed by atoms with Gasteiger partial charge in [0, 0.05) is 0 Å². The summed E-state index contributed by atoms with van der Waals surface area (Å²) in [6.45, 7) is 4.23. The number of rotatable bonds is 4. The monoisotopic (exact) mass is 324 g/mol. The minimum atomic E-state index is -0.341. The zero-order valence-electron chi connectivity index (χ0n) is 14.3. The molecule has 0 amide bonds. The molecule has 0 N–H and O–H groups in total. The first-order chi connectivity index (χ1) is 12.3. The molecule has 0 saturated carbocycles. The topological polar surface area (TPSA) is 9.23 Å². The number of ether oxygens (including phenoxy) is 1. The molecule has 0 aliphatic heterocycles. The Morgan fingerprint density at radius 1 is 0.840 bits per heavy atom. The molecule has 1 atom stereocenters. The highest BCUT2D eigenvalue weighted by Gasteiger charge is 2.40. The van der Waals surface area contributed by atoms with Crippen molar-refractivity contribution in [1.82, 2.24) is 0 Å². The summed E-state index contributed by atoms with van der Waals surface area (Å²) in [7, 11) is 1.69. The molecular weight excluding hydrogens is 304 g/mol. The van der Waals surface area contributed by atoms with Gasteiger partial charge < -0.3 is 4.74 Å². The first-order valence-corrected chi connectivity index (χ1v) is 8.45. The average molecular weight is 324 g/mol. The Morgan fingerprint density at radius 2 is 1.52 bits per heavy atom. The lowest BCUT2D eigenvalue weighted by molar-refractivity contribution is 0.415. The van der Waals surface area contributed by atoms with Crippen LogP contribution in [0.25, 0.3) is 11.6 Å². The van der Waals surface area contributed by atoms with Crippen molar-refractivity contribution in [2.45, 2.75) is 5.41 Å². The molecule has 1 aliphatic carbocycles. The molecule has 25 heavy (non-hydrogen) atoms. The Kier molecular flexibility index (Phi) is 3.77. The Balaban J connectivity index is 1.97. The molecule has 1 heteroatoms. The molecule has 0 saturated heterocycles. The van der Waals surface area contributed by atoms with E-state index in [9.17, 15) is 0 Å². The first kappa shape index (κ1) is 15.5. The summed E-state index contributed by atoms with van der Waals surface area (Å²) in [5, 5.41) is 0. The van der Waals surface area contributed by atoms with Gasteiger partial charge in [0.25, 0.3) is 0 Å². The van der Waals surface area contributed by atoms with Crippen LogP contribution in [0.4, 0.5) is 0 Å². The zero-order chi connectivity index (χ0) is 17.3. The second-order valence-electron chi connectivity index (χ2n) is 6.25. The first-order valence-electron chi connectivity index (χ1n) is 8.45. The van der Waals surface area contributed by atoms with Gasteiger partial charge in [-0.1, -0.05) is 72.8 Å². The molecule has 0 heterocycles. The van der Waals surface area contributed by atoms with E-state index in [0.29, 0.717) is 0 Å². The van der Waals surface area contributed by atoms with Crippen LogP contribution in [-0.4, -0.2) is 7.11 Å². The molecular formula is C24H20O. The van der Waals surface area contributed by atoms with Gasteiger partial charge in [0.2, 0.25) is 0 Å². The van der Waals surface area contributed by atoms with Crippen molar-refractivity contribution in [3.63, 3.8) is 0 Å². The molecule has 3 aromatic rings. The third kappa shape index (κ3) is 2.32. The molecule has 4 rings (SSSR count). The Hall–Kier alpha value is -3.06. The largest absolute Gasteiger partial charge is 0.497 e. The fourth-order valence-electron chi connectivity index (χ4n) is 3.83. The molecule has 0 fully saturated rings. The van der Waals surface area contributed by atoms with Crippen LogP contribution in [-0.2, 0) is 5.41 Å². The van der Waals surface area contributed by atoms with Crippen molar-refractivity contribution >= 4 is 11.6 Å². The lowest BCUT2D eigenvalue weighted by Gasteiger charge is -2.32. The van der Waals surface area contributed by atoms with Crippen LogP contribution in [0.2, 0.25) is 0 Å². The van der Waals surface area contributed by atoms with E-state index >= 15 is 0 Å². The van der Waals surface area contributed by atoms with Gasteiger partial charge >= 0.3 is 0 Å². The third-order valence-corrected chi connectivity index (χ3v) is 5.05.